The van der Waals surface area contributed by atoms with Gasteiger partial charge in [-0.3, -0.25) is 4.79 Å². The average Bonchev–Trinajstić information content (AvgIpc) is 3.14. The van der Waals surface area contributed by atoms with Gasteiger partial charge < -0.3 is 0 Å². The number of benzene rings is 2. The van der Waals surface area contributed by atoms with Crippen molar-refractivity contribution in [2.75, 3.05) is 0 Å². The summed E-state index contributed by atoms with van der Waals surface area (Å²) in [6.07, 6.45) is 5.53. The van der Waals surface area contributed by atoms with Gasteiger partial charge in [0.2, 0.25) is 0 Å². The van der Waals surface area contributed by atoms with Gasteiger partial charge in [-0.05, 0) is 40.5 Å². The van der Waals surface area contributed by atoms with Crippen LogP contribution in [-0.2, 0) is 6.42 Å². The molecule has 0 radical (unpaired) electrons. The third-order valence-electron chi connectivity index (χ3n) is 2.89. The van der Waals surface area contributed by atoms with E-state index in [0.717, 1.165) is 6.42 Å². The standard InChI is InChI=1S/C13H10.C3O/c1-4-10-6-2-8-12-9-3-7-11(5-1)13(10)12;4-3-1-2-3/h1-8H,9H2;. The molecule has 3 aromatic carbocycles. The maximum atomic E-state index is 9.33. The van der Waals surface area contributed by atoms with Crippen LogP contribution in [-0.4, -0.2) is 0 Å². The predicted octanol–water partition coefficient (Wildman–Crippen LogP) is 2.93. The number of rotatable bonds is 0. The Hall–Kier alpha value is -2.33. The molecule has 0 saturated heterocycles. The van der Waals surface area contributed by atoms with Crippen molar-refractivity contribution >= 4 is 16.8 Å². The van der Waals surface area contributed by atoms with Crippen molar-refractivity contribution in [3.63, 3.8) is 0 Å². The summed E-state index contributed by atoms with van der Waals surface area (Å²) in [6.45, 7) is 0. The molecule has 0 aliphatic heterocycles. The SMILES string of the molecule is C1=Cc2cccc3cccc(c23)C1.O=c1c#c1. The van der Waals surface area contributed by atoms with Crippen LogP contribution < -0.4 is 5.43 Å². The van der Waals surface area contributed by atoms with E-state index >= 15 is 0 Å². The molecular weight excluding hydrogens is 208 g/mol. The Morgan fingerprint density at radius 1 is 1.00 bits per heavy atom. The van der Waals surface area contributed by atoms with E-state index in [4.69, 9.17) is 0 Å². The molecule has 0 heterocycles. The number of hydrogen-bond donors (Lipinski definition) is 0. The highest BCUT2D eigenvalue weighted by Crippen LogP contribution is 2.27. The summed E-state index contributed by atoms with van der Waals surface area (Å²) in [6, 6.07) is 17.4. The summed E-state index contributed by atoms with van der Waals surface area (Å²) in [5.74, 6) is 0. The van der Waals surface area contributed by atoms with Gasteiger partial charge in [0.15, 0.2) is 0 Å². The molecular formula is C16H10O. The van der Waals surface area contributed by atoms with Gasteiger partial charge in [-0.25, -0.2) is 0 Å². The van der Waals surface area contributed by atoms with E-state index < -0.39 is 0 Å². The minimum Gasteiger partial charge on any atom is -0.270 e. The first kappa shape index (κ1) is 9.86. The molecule has 1 aliphatic rings. The number of allylic oxidation sites excluding steroid dienone is 1. The van der Waals surface area contributed by atoms with Crippen molar-refractivity contribution < 1.29 is 0 Å². The first-order valence-corrected chi connectivity index (χ1v) is 5.58. The Kier molecular flexibility index (Phi) is 2.27. The van der Waals surface area contributed by atoms with Crippen LogP contribution in [0.2, 0.25) is 0 Å². The molecule has 0 N–H and O–H groups in total. The molecule has 0 saturated carbocycles. The Bertz CT molecular complexity index is 680. The average molecular weight is 218 g/mol. The van der Waals surface area contributed by atoms with Crippen LogP contribution in [0.25, 0.3) is 16.8 Å². The zero-order valence-electron chi connectivity index (χ0n) is 9.23. The molecule has 17 heavy (non-hydrogen) atoms. The summed E-state index contributed by atoms with van der Waals surface area (Å²) in [7, 11) is 0. The van der Waals surface area contributed by atoms with E-state index in [2.05, 4.69) is 60.7 Å². The maximum Gasteiger partial charge on any atom is 0.280 e. The molecule has 4 rings (SSSR count). The largest absolute Gasteiger partial charge is 0.280 e. The molecule has 0 spiro atoms. The molecule has 1 heteroatoms. The molecule has 0 bridgehead atoms. The molecule has 0 fully saturated rings. The normalized spacial score (nSPS) is 12.0. The molecule has 1 nitrogen and oxygen atoms in total. The molecule has 1 aliphatic carbocycles. The fraction of sp³-hybridized carbons (Fsp3) is 0.0625. The van der Waals surface area contributed by atoms with Crippen LogP contribution in [0.3, 0.4) is 0 Å². The van der Waals surface area contributed by atoms with Gasteiger partial charge in [0.25, 0.3) is 5.43 Å². The maximum absolute atomic E-state index is 9.33. The van der Waals surface area contributed by atoms with Crippen LogP contribution >= 0.6 is 0 Å². The van der Waals surface area contributed by atoms with Gasteiger partial charge in [-0.1, -0.05) is 48.6 Å². The van der Waals surface area contributed by atoms with Crippen LogP contribution in [0.4, 0.5) is 0 Å². The second-order valence-electron chi connectivity index (χ2n) is 4.05. The Morgan fingerprint density at radius 2 is 1.71 bits per heavy atom. The monoisotopic (exact) mass is 218 g/mol. The topological polar surface area (TPSA) is 17.1 Å². The summed E-state index contributed by atoms with van der Waals surface area (Å²) >= 11 is 0. The summed E-state index contributed by atoms with van der Waals surface area (Å²) in [4.78, 5) is 9.33. The van der Waals surface area contributed by atoms with E-state index in [1.807, 2.05) is 0 Å². The lowest BCUT2D eigenvalue weighted by Gasteiger charge is -2.11. The van der Waals surface area contributed by atoms with Crippen molar-refractivity contribution in [3.05, 3.63) is 76.0 Å². The van der Waals surface area contributed by atoms with Gasteiger partial charge in [-0.15, -0.1) is 0 Å². The van der Waals surface area contributed by atoms with Crippen LogP contribution in [0.15, 0.2) is 47.3 Å². The number of hydrogen-bond acceptors (Lipinski definition) is 1. The van der Waals surface area contributed by atoms with Crippen LogP contribution in [0.1, 0.15) is 11.1 Å². The van der Waals surface area contributed by atoms with Crippen molar-refractivity contribution in [2.24, 2.45) is 0 Å². The lowest BCUT2D eigenvalue weighted by Crippen LogP contribution is -1.91. The lowest BCUT2D eigenvalue weighted by molar-refractivity contribution is 1.29. The third kappa shape index (κ3) is 1.98. The van der Waals surface area contributed by atoms with Gasteiger partial charge in [0.05, 0.1) is 0 Å². The summed E-state index contributed by atoms with van der Waals surface area (Å²) < 4.78 is 0. The van der Waals surface area contributed by atoms with E-state index in [1.165, 1.54) is 21.9 Å². The third-order valence-corrected chi connectivity index (χ3v) is 2.89. The second kappa shape index (κ2) is 3.92. The van der Waals surface area contributed by atoms with Gasteiger partial charge in [0.1, 0.15) is 0 Å². The highest BCUT2D eigenvalue weighted by Gasteiger charge is 2.06. The first-order valence-electron chi connectivity index (χ1n) is 5.58. The molecule has 80 valence electrons. The second-order valence-corrected chi connectivity index (χ2v) is 4.05. The molecule has 0 atom stereocenters. The Morgan fingerprint density at radius 3 is 2.41 bits per heavy atom. The van der Waals surface area contributed by atoms with Gasteiger partial charge in [0, 0.05) is 0 Å². The van der Waals surface area contributed by atoms with E-state index in [9.17, 15) is 4.79 Å². The lowest BCUT2D eigenvalue weighted by atomic mass is 9.93. The van der Waals surface area contributed by atoms with E-state index in [0.29, 0.717) is 0 Å². The molecule has 0 unspecified atom stereocenters. The van der Waals surface area contributed by atoms with Crippen molar-refractivity contribution in [2.45, 2.75) is 6.42 Å². The predicted molar refractivity (Wildman–Crippen MR) is 69.4 cm³/mol. The van der Waals surface area contributed by atoms with Gasteiger partial charge in [-0.2, -0.15) is 0 Å². The highest BCUT2D eigenvalue weighted by atomic mass is 16.1. The minimum atomic E-state index is -0.0833. The molecule has 3 aromatic rings. The Balaban J connectivity index is 0.000000193. The fourth-order valence-electron chi connectivity index (χ4n) is 2.10. The zero-order valence-corrected chi connectivity index (χ0v) is 9.23. The van der Waals surface area contributed by atoms with Crippen LogP contribution in [0, 0.1) is 12.1 Å². The summed E-state index contributed by atoms with van der Waals surface area (Å²) in [5, 5.41) is 2.80. The highest BCUT2D eigenvalue weighted by molar-refractivity contribution is 5.94. The quantitative estimate of drug-likeness (QED) is 0.567. The van der Waals surface area contributed by atoms with Crippen molar-refractivity contribution in [1.82, 2.24) is 0 Å². The Labute approximate surface area is 99.7 Å². The van der Waals surface area contributed by atoms with Gasteiger partial charge >= 0.3 is 0 Å². The van der Waals surface area contributed by atoms with Crippen molar-refractivity contribution in [3.8, 4) is 0 Å². The first-order chi connectivity index (χ1) is 8.34. The van der Waals surface area contributed by atoms with E-state index in [1.54, 1.807) is 0 Å². The smallest absolute Gasteiger partial charge is 0.270 e. The van der Waals surface area contributed by atoms with Crippen molar-refractivity contribution in [1.29, 1.82) is 0 Å². The van der Waals surface area contributed by atoms with E-state index in [-0.39, 0.29) is 5.43 Å². The molecule has 0 amide bonds. The zero-order chi connectivity index (χ0) is 11.7. The summed E-state index contributed by atoms with van der Waals surface area (Å²) in [5.41, 5.74) is 2.73. The molecule has 0 aromatic heterocycles. The van der Waals surface area contributed by atoms with Crippen LogP contribution in [0.5, 0.6) is 0 Å². The minimum absolute atomic E-state index is 0.0833. The fourth-order valence-corrected chi connectivity index (χ4v) is 2.10.